The molecule has 2 aromatic carbocycles. The van der Waals surface area contributed by atoms with Gasteiger partial charge in [-0.15, -0.1) is 0 Å². The smallest absolute Gasteiger partial charge is 0.310 e. The van der Waals surface area contributed by atoms with Gasteiger partial charge in [-0.25, -0.2) is 4.39 Å². The Kier molecular flexibility index (Phi) is 9.07. The summed E-state index contributed by atoms with van der Waals surface area (Å²) in [6.07, 6.45) is 2.29. The number of esters is 1. The number of alkyl halides is 1. The number of nitrogens with zero attached hydrogens (tertiary/aromatic N) is 1. The molecule has 2 N–H and O–H groups in total. The average molecular weight is 715 g/mol. The minimum absolute atomic E-state index is 0.000633. The zero-order valence-electron chi connectivity index (χ0n) is 30.3. The van der Waals surface area contributed by atoms with E-state index in [1.807, 2.05) is 50.2 Å². The maximum absolute atomic E-state index is 17.9. The molecule has 0 bridgehead atoms. The third-order valence-corrected chi connectivity index (χ3v) is 12.8. The molecule has 276 valence electrons. The van der Waals surface area contributed by atoms with Gasteiger partial charge in [-0.05, 0) is 74.9 Å². The number of nitrogens with one attached hydrogen (secondary N) is 1. The van der Waals surface area contributed by atoms with Crippen LogP contribution in [-0.2, 0) is 28.6 Å². The molecule has 3 unspecified atom stereocenters. The van der Waals surface area contributed by atoms with Crippen LogP contribution in [0.3, 0.4) is 0 Å². The molecule has 2 aromatic rings. The SMILES string of the molecule is CC(CNC(=O)c1ccccc1)C(=O)OCC(=O)[C@@]12OC(c3ccc(N(C)C)cc3)O[C@H]1C[C@H]1[C@@H]3CCC4=CC(=O)C=C[C@]4(C)C3(F)[C@@H](O)C[C@@]12C. The van der Waals surface area contributed by atoms with Crippen LogP contribution >= 0.6 is 0 Å². The molecule has 1 aliphatic heterocycles. The van der Waals surface area contributed by atoms with Crippen LogP contribution in [0.25, 0.3) is 0 Å². The van der Waals surface area contributed by atoms with Crippen molar-refractivity contribution in [1.82, 2.24) is 5.32 Å². The summed E-state index contributed by atoms with van der Waals surface area (Å²) in [4.78, 5) is 54.7. The lowest BCUT2D eigenvalue weighted by atomic mass is 9.44. The van der Waals surface area contributed by atoms with Crippen molar-refractivity contribution in [2.45, 2.75) is 76.2 Å². The van der Waals surface area contributed by atoms with Crippen LogP contribution in [0.2, 0.25) is 0 Å². The van der Waals surface area contributed by atoms with E-state index < -0.39 is 76.7 Å². The number of ketones is 2. The van der Waals surface area contributed by atoms with Crippen LogP contribution in [0.15, 0.2) is 78.4 Å². The van der Waals surface area contributed by atoms with Crippen LogP contribution < -0.4 is 10.2 Å². The van der Waals surface area contributed by atoms with Gasteiger partial charge in [0.1, 0.15) is 0 Å². The Balaban J connectivity index is 1.16. The Morgan fingerprint density at radius 2 is 1.79 bits per heavy atom. The number of hydrogen-bond donors (Lipinski definition) is 2. The van der Waals surface area contributed by atoms with Crippen LogP contribution in [0.5, 0.6) is 0 Å². The Morgan fingerprint density at radius 3 is 2.48 bits per heavy atom. The second kappa shape index (κ2) is 13.0. The number of allylic oxidation sites excluding steroid dienone is 4. The maximum Gasteiger partial charge on any atom is 0.310 e. The molecule has 0 aromatic heterocycles. The highest BCUT2D eigenvalue weighted by Crippen LogP contribution is 2.72. The molecule has 10 atom stereocenters. The number of amides is 1. The molecule has 1 saturated heterocycles. The summed E-state index contributed by atoms with van der Waals surface area (Å²) in [5.74, 6) is -3.58. The van der Waals surface area contributed by atoms with Crippen LogP contribution in [0.1, 0.15) is 68.7 Å². The normalized spacial score (nSPS) is 36.4. The van der Waals surface area contributed by atoms with Gasteiger partial charge in [0.05, 0.1) is 18.1 Å². The fourth-order valence-corrected chi connectivity index (χ4v) is 9.94. The van der Waals surface area contributed by atoms with E-state index in [0.29, 0.717) is 36.0 Å². The Hall–Kier alpha value is -4.19. The van der Waals surface area contributed by atoms with E-state index in [1.54, 1.807) is 50.3 Å². The summed E-state index contributed by atoms with van der Waals surface area (Å²) >= 11 is 0. The Bertz CT molecular complexity index is 1830. The van der Waals surface area contributed by atoms with Crippen LogP contribution in [-0.4, -0.2) is 79.3 Å². The van der Waals surface area contributed by atoms with Gasteiger partial charge in [-0.2, -0.15) is 0 Å². The van der Waals surface area contributed by atoms with E-state index in [9.17, 15) is 24.3 Å². The van der Waals surface area contributed by atoms with Crippen molar-refractivity contribution < 1.29 is 42.9 Å². The maximum atomic E-state index is 17.9. The molecule has 4 aliphatic carbocycles. The highest BCUT2D eigenvalue weighted by atomic mass is 19.1. The second-order valence-corrected chi connectivity index (χ2v) is 15.8. The molecule has 0 radical (unpaired) electrons. The number of anilines is 1. The number of carbonyl (C=O) groups is 4. The summed E-state index contributed by atoms with van der Waals surface area (Å²) in [6.45, 7) is 4.60. The third kappa shape index (κ3) is 5.38. The molecular formula is C41H47FN2O8. The van der Waals surface area contributed by atoms with E-state index in [2.05, 4.69) is 5.32 Å². The van der Waals surface area contributed by atoms with Crippen molar-refractivity contribution in [2.24, 2.45) is 28.6 Å². The number of aliphatic hydroxyl groups excluding tert-OH is 1. The van der Waals surface area contributed by atoms with Crippen LogP contribution in [0, 0.1) is 28.6 Å². The number of halogens is 1. The monoisotopic (exact) mass is 714 g/mol. The van der Waals surface area contributed by atoms with E-state index in [0.717, 1.165) is 5.69 Å². The van der Waals surface area contributed by atoms with E-state index in [-0.39, 0.29) is 24.7 Å². The molecule has 1 amide bonds. The number of rotatable bonds is 9. The van der Waals surface area contributed by atoms with Gasteiger partial charge in [0.2, 0.25) is 5.78 Å². The number of fused-ring (bicyclic) bond motifs is 7. The zero-order chi connectivity index (χ0) is 37.2. The molecule has 3 saturated carbocycles. The largest absolute Gasteiger partial charge is 0.457 e. The lowest BCUT2D eigenvalue weighted by Gasteiger charge is -2.62. The molecule has 5 aliphatic rings. The van der Waals surface area contributed by atoms with Gasteiger partial charge >= 0.3 is 5.97 Å². The lowest BCUT2D eigenvalue weighted by Crippen LogP contribution is -2.69. The van der Waals surface area contributed by atoms with Crippen LogP contribution in [0.4, 0.5) is 10.1 Å². The van der Waals surface area contributed by atoms with E-state index >= 15 is 4.39 Å². The quantitative estimate of drug-likeness (QED) is 0.342. The first-order chi connectivity index (χ1) is 24.7. The fraction of sp³-hybridized carbons (Fsp3) is 0.512. The highest BCUT2D eigenvalue weighted by molar-refractivity contribution is 6.01. The summed E-state index contributed by atoms with van der Waals surface area (Å²) in [7, 11) is 3.86. The van der Waals surface area contributed by atoms with E-state index in [4.69, 9.17) is 14.2 Å². The van der Waals surface area contributed by atoms with Gasteiger partial charge < -0.3 is 29.5 Å². The second-order valence-electron chi connectivity index (χ2n) is 15.8. The summed E-state index contributed by atoms with van der Waals surface area (Å²) < 4.78 is 36.9. The summed E-state index contributed by atoms with van der Waals surface area (Å²) in [6, 6.07) is 16.2. The van der Waals surface area contributed by atoms with Gasteiger partial charge in [-0.1, -0.05) is 55.8 Å². The first kappa shape index (κ1) is 36.2. The lowest BCUT2D eigenvalue weighted by molar-refractivity contribution is -0.231. The molecule has 52 heavy (non-hydrogen) atoms. The number of Topliss-reactive ketones (excluding diaryl/α,β-unsaturated/α-hetero) is 1. The Morgan fingerprint density at radius 1 is 1.08 bits per heavy atom. The molecular weight excluding hydrogens is 667 g/mol. The van der Waals surface area contributed by atoms with Crippen molar-refractivity contribution in [1.29, 1.82) is 0 Å². The van der Waals surface area contributed by atoms with Crippen molar-refractivity contribution in [2.75, 3.05) is 32.1 Å². The molecule has 1 heterocycles. The number of aliphatic hydroxyl groups is 1. The summed E-state index contributed by atoms with van der Waals surface area (Å²) in [5.41, 5.74) is -3.27. The number of hydrogen-bond acceptors (Lipinski definition) is 9. The van der Waals surface area contributed by atoms with E-state index in [1.165, 1.54) is 12.2 Å². The predicted molar refractivity (Wildman–Crippen MR) is 190 cm³/mol. The van der Waals surface area contributed by atoms with Gasteiger partial charge in [0, 0.05) is 54.2 Å². The molecule has 10 nitrogen and oxygen atoms in total. The number of carbonyl (C=O) groups excluding carboxylic acids is 4. The fourth-order valence-electron chi connectivity index (χ4n) is 9.94. The van der Waals surface area contributed by atoms with Gasteiger partial charge in [0.25, 0.3) is 5.91 Å². The first-order valence-corrected chi connectivity index (χ1v) is 18.1. The van der Waals surface area contributed by atoms with Crippen molar-refractivity contribution in [3.63, 3.8) is 0 Å². The minimum Gasteiger partial charge on any atom is -0.457 e. The van der Waals surface area contributed by atoms with Crippen molar-refractivity contribution in [3.8, 4) is 0 Å². The van der Waals surface area contributed by atoms with Crippen molar-refractivity contribution in [3.05, 3.63) is 89.5 Å². The molecule has 4 fully saturated rings. The molecule has 11 heteroatoms. The first-order valence-electron chi connectivity index (χ1n) is 18.1. The standard InChI is InChI=1S/C41H47FN2O8/c1-24(22-43-35(48)25-9-7-6-8-10-25)36(49)50-23-33(47)41-34(51-37(52-41)26-11-14-28(15-12-26)44(4)5)20-31-30-16-13-27-19-29(45)17-18-38(27,2)40(30,42)32(46)21-39(31,41)3/h6-12,14-15,17-19,24,30-32,34,37,46H,13,16,20-23H2,1-5H3,(H,43,48)/t24?,30-,31-,32-,34-,37?,38-,39-,40?,41+/m0/s1. The molecule has 7 rings (SSSR count). The number of benzene rings is 2. The topological polar surface area (TPSA) is 131 Å². The predicted octanol–water partition coefficient (Wildman–Crippen LogP) is 5.06. The highest BCUT2D eigenvalue weighted by Gasteiger charge is 2.79. The van der Waals surface area contributed by atoms with Gasteiger partial charge in [0.15, 0.2) is 29.9 Å². The zero-order valence-corrected chi connectivity index (χ0v) is 30.3. The minimum atomic E-state index is -2.10. The number of ether oxygens (including phenoxy) is 3. The average Bonchev–Trinajstić information content (AvgIpc) is 3.63. The third-order valence-electron chi connectivity index (χ3n) is 12.8. The van der Waals surface area contributed by atoms with Crippen molar-refractivity contribution >= 4 is 29.1 Å². The molecule has 0 spiro atoms. The Labute approximate surface area is 303 Å². The summed E-state index contributed by atoms with van der Waals surface area (Å²) in [5, 5.41) is 14.7. The van der Waals surface area contributed by atoms with Gasteiger partial charge in [-0.3, -0.25) is 19.2 Å².